The summed E-state index contributed by atoms with van der Waals surface area (Å²) in [6.45, 7) is 11.7. The lowest BCUT2D eigenvalue weighted by atomic mass is 10.1. The van der Waals surface area contributed by atoms with Crippen LogP contribution < -0.4 is 5.32 Å². The summed E-state index contributed by atoms with van der Waals surface area (Å²) in [4.78, 5) is 2.61. The van der Waals surface area contributed by atoms with E-state index < -0.39 is 0 Å². The third-order valence-electron chi connectivity index (χ3n) is 4.40. The molecule has 1 saturated heterocycles. The van der Waals surface area contributed by atoms with Gasteiger partial charge in [-0.2, -0.15) is 0 Å². The molecule has 2 heterocycles. The number of rotatable bonds is 6. The molecule has 1 N–H and O–H groups in total. The quantitative estimate of drug-likeness (QED) is 0.853. The van der Waals surface area contributed by atoms with Gasteiger partial charge in [-0.25, -0.2) is 0 Å². The first-order valence-electron chi connectivity index (χ1n) is 7.70. The zero-order valence-corrected chi connectivity index (χ0v) is 12.8. The van der Waals surface area contributed by atoms with Gasteiger partial charge in [0, 0.05) is 24.2 Å². The van der Waals surface area contributed by atoms with Crippen LogP contribution in [0.4, 0.5) is 0 Å². The molecule has 108 valence electrons. The fraction of sp³-hybridized carbons (Fsp3) is 0.750. The molecular formula is C16H28N2O. The number of likely N-dealkylation sites (tertiary alicyclic amines) is 1. The lowest BCUT2D eigenvalue weighted by molar-refractivity contribution is 0.174. The summed E-state index contributed by atoms with van der Waals surface area (Å²) < 4.78 is 5.93. The van der Waals surface area contributed by atoms with Crippen molar-refractivity contribution in [2.45, 2.75) is 72.1 Å². The fourth-order valence-electron chi connectivity index (χ4n) is 3.13. The fourth-order valence-corrected chi connectivity index (χ4v) is 3.13. The first kappa shape index (κ1) is 14.6. The Labute approximate surface area is 117 Å². The lowest BCUT2D eigenvalue weighted by Crippen LogP contribution is -2.33. The molecule has 3 heteroatoms. The molecule has 3 nitrogen and oxygen atoms in total. The molecule has 0 bridgehead atoms. The molecular weight excluding hydrogens is 236 g/mol. The summed E-state index contributed by atoms with van der Waals surface area (Å²) in [6.07, 6.45) is 3.90. The first-order chi connectivity index (χ1) is 9.15. The molecule has 1 aromatic heterocycles. The van der Waals surface area contributed by atoms with Gasteiger partial charge in [-0.15, -0.1) is 0 Å². The Bertz CT molecular complexity index is 399. The van der Waals surface area contributed by atoms with E-state index in [2.05, 4.69) is 44.0 Å². The Morgan fingerprint density at radius 2 is 2.16 bits per heavy atom. The Morgan fingerprint density at radius 1 is 1.37 bits per heavy atom. The molecule has 0 saturated carbocycles. The summed E-state index contributed by atoms with van der Waals surface area (Å²) in [6, 6.07) is 3.65. The maximum absolute atomic E-state index is 5.93. The van der Waals surface area contributed by atoms with Crippen molar-refractivity contribution in [3.63, 3.8) is 0 Å². The van der Waals surface area contributed by atoms with Crippen LogP contribution in [-0.2, 0) is 13.1 Å². The molecule has 2 rings (SSSR count). The maximum Gasteiger partial charge on any atom is 0.118 e. The van der Waals surface area contributed by atoms with Crippen LogP contribution in [0.2, 0.25) is 0 Å². The normalized spacial score (nSPS) is 24.2. The smallest absolute Gasteiger partial charge is 0.118 e. The van der Waals surface area contributed by atoms with E-state index in [9.17, 15) is 0 Å². The minimum Gasteiger partial charge on any atom is -0.465 e. The van der Waals surface area contributed by atoms with Crippen LogP contribution in [0.15, 0.2) is 10.5 Å². The predicted octanol–water partition coefficient (Wildman–Crippen LogP) is 3.46. The third-order valence-corrected chi connectivity index (χ3v) is 4.40. The van der Waals surface area contributed by atoms with Gasteiger partial charge in [0.15, 0.2) is 0 Å². The van der Waals surface area contributed by atoms with Crippen LogP contribution in [0.3, 0.4) is 0 Å². The van der Waals surface area contributed by atoms with Gasteiger partial charge in [0.05, 0.1) is 6.54 Å². The van der Waals surface area contributed by atoms with Gasteiger partial charge >= 0.3 is 0 Å². The van der Waals surface area contributed by atoms with Gasteiger partial charge in [0.2, 0.25) is 0 Å². The van der Waals surface area contributed by atoms with Crippen LogP contribution in [0, 0.1) is 6.92 Å². The number of hydrogen-bond donors (Lipinski definition) is 1. The largest absolute Gasteiger partial charge is 0.465 e. The molecule has 0 amide bonds. The molecule has 0 aromatic carbocycles. The molecule has 0 aliphatic carbocycles. The predicted molar refractivity (Wildman–Crippen MR) is 79.1 cm³/mol. The number of nitrogens with zero attached hydrogens (tertiary/aromatic N) is 1. The molecule has 2 unspecified atom stereocenters. The van der Waals surface area contributed by atoms with E-state index in [1.165, 1.54) is 24.8 Å². The van der Waals surface area contributed by atoms with Gasteiger partial charge in [-0.3, -0.25) is 4.90 Å². The third kappa shape index (κ3) is 3.40. The molecule has 0 spiro atoms. The van der Waals surface area contributed by atoms with Crippen LogP contribution in [0.1, 0.15) is 57.1 Å². The molecule has 2 atom stereocenters. The average molecular weight is 264 g/mol. The molecule has 1 aliphatic heterocycles. The van der Waals surface area contributed by atoms with Crippen LogP contribution >= 0.6 is 0 Å². The maximum atomic E-state index is 5.93. The minimum absolute atomic E-state index is 0.688. The Hall–Kier alpha value is -0.800. The van der Waals surface area contributed by atoms with Crippen molar-refractivity contribution >= 4 is 0 Å². The Balaban J connectivity index is 2.02. The number of hydrogen-bond acceptors (Lipinski definition) is 3. The summed E-state index contributed by atoms with van der Waals surface area (Å²) in [5, 5.41) is 3.37. The number of aryl methyl sites for hydroxylation is 1. The highest BCUT2D eigenvalue weighted by Crippen LogP contribution is 2.28. The highest BCUT2D eigenvalue weighted by atomic mass is 16.3. The highest BCUT2D eigenvalue weighted by Gasteiger charge is 2.29. The van der Waals surface area contributed by atoms with Crippen molar-refractivity contribution in [1.82, 2.24) is 10.2 Å². The van der Waals surface area contributed by atoms with E-state index in [1.807, 2.05) is 0 Å². The number of nitrogens with one attached hydrogen (secondary N) is 1. The average Bonchev–Trinajstić information content (AvgIpc) is 2.92. The van der Waals surface area contributed by atoms with Crippen molar-refractivity contribution in [3.8, 4) is 0 Å². The summed E-state index contributed by atoms with van der Waals surface area (Å²) in [5.74, 6) is 2.19. The van der Waals surface area contributed by atoms with E-state index in [1.54, 1.807) is 0 Å². The summed E-state index contributed by atoms with van der Waals surface area (Å²) in [5.41, 5.74) is 1.30. The van der Waals surface area contributed by atoms with Gasteiger partial charge in [0.1, 0.15) is 11.5 Å². The second-order valence-corrected chi connectivity index (χ2v) is 5.74. The first-order valence-corrected chi connectivity index (χ1v) is 7.70. The van der Waals surface area contributed by atoms with E-state index in [4.69, 9.17) is 4.42 Å². The Kier molecular flexibility index (Phi) is 5.06. The van der Waals surface area contributed by atoms with Crippen LogP contribution in [-0.4, -0.2) is 23.5 Å². The Morgan fingerprint density at radius 3 is 2.84 bits per heavy atom. The standard InChI is InChI=1S/C16H28N2O/c1-5-15-8-7-12(3)18(15)11-16-9-14(10-17-6-2)13(4)19-16/h9,12,15,17H,5-8,10-11H2,1-4H3. The van der Waals surface area contributed by atoms with Crippen molar-refractivity contribution in [2.75, 3.05) is 6.54 Å². The van der Waals surface area contributed by atoms with E-state index in [-0.39, 0.29) is 0 Å². The van der Waals surface area contributed by atoms with E-state index in [0.29, 0.717) is 6.04 Å². The molecule has 0 radical (unpaired) electrons. The monoisotopic (exact) mass is 264 g/mol. The van der Waals surface area contributed by atoms with Crippen molar-refractivity contribution in [2.24, 2.45) is 0 Å². The summed E-state index contributed by atoms with van der Waals surface area (Å²) >= 11 is 0. The van der Waals surface area contributed by atoms with Crippen LogP contribution in [0.5, 0.6) is 0 Å². The van der Waals surface area contributed by atoms with Gasteiger partial charge in [0.25, 0.3) is 0 Å². The molecule has 19 heavy (non-hydrogen) atoms. The second-order valence-electron chi connectivity index (χ2n) is 5.74. The second kappa shape index (κ2) is 6.58. The summed E-state index contributed by atoms with van der Waals surface area (Å²) in [7, 11) is 0. The van der Waals surface area contributed by atoms with E-state index in [0.717, 1.165) is 37.2 Å². The zero-order valence-electron chi connectivity index (χ0n) is 12.8. The van der Waals surface area contributed by atoms with Gasteiger partial charge in [-0.1, -0.05) is 13.8 Å². The molecule has 1 aliphatic rings. The molecule has 1 aromatic rings. The van der Waals surface area contributed by atoms with Crippen molar-refractivity contribution < 1.29 is 4.42 Å². The minimum atomic E-state index is 0.688. The van der Waals surface area contributed by atoms with Gasteiger partial charge < -0.3 is 9.73 Å². The highest BCUT2D eigenvalue weighted by molar-refractivity contribution is 5.21. The van der Waals surface area contributed by atoms with Gasteiger partial charge in [-0.05, 0) is 45.7 Å². The van der Waals surface area contributed by atoms with Crippen molar-refractivity contribution in [1.29, 1.82) is 0 Å². The number of furan rings is 1. The van der Waals surface area contributed by atoms with Crippen molar-refractivity contribution in [3.05, 3.63) is 23.2 Å². The van der Waals surface area contributed by atoms with Crippen LogP contribution in [0.25, 0.3) is 0 Å². The topological polar surface area (TPSA) is 28.4 Å². The van der Waals surface area contributed by atoms with E-state index >= 15 is 0 Å². The lowest BCUT2D eigenvalue weighted by Gasteiger charge is -2.26. The molecule has 1 fully saturated rings. The SMILES string of the molecule is CCNCc1cc(CN2C(C)CCC2CC)oc1C. The zero-order chi connectivity index (χ0) is 13.8.